The zero-order chi connectivity index (χ0) is 15.1. The molecule has 112 valence electrons. The Morgan fingerprint density at radius 2 is 1.95 bits per heavy atom. The Kier molecular flexibility index (Phi) is 7.23. The van der Waals surface area contributed by atoms with Gasteiger partial charge in [0.05, 0.1) is 24.4 Å². The molecule has 0 spiro atoms. The lowest BCUT2D eigenvalue weighted by Crippen LogP contribution is -2.31. The summed E-state index contributed by atoms with van der Waals surface area (Å²) in [6.45, 7) is 3.90. The molecule has 0 saturated carbocycles. The van der Waals surface area contributed by atoms with Gasteiger partial charge in [0.2, 0.25) is 5.91 Å². The fourth-order valence-corrected chi connectivity index (χ4v) is 2.95. The molecule has 0 fully saturated rings. The van der Waals surface area contributed by atoms with Crippen LogP contribution in [0.3, 0.4) is 0 Å². The largest absolute Gasteiger partial charge is 0.496 e. The highest BCUT2D eigenvalue weighted by atomic mass is 79.9. The Morgan fingerprint density at radius 3 is 2.50 bits per heavy atom. The quantitative estimate of drug-likeness (QED) is 0.809. The molecule has 1 N–H and O–H groups in total. The Bertz CT molecular complexity index is 466. The second-order valence-corrected chi connectivity index (χ2v) is 6.35. The summed E-state index contributed by atoms with van der Waals surface area (Å²) in [6, 6.07) is 3.98. The van der Waals surface area contributed by atoms with Gasteiger partial charge >= 0.3 is 0 Å². The second kappa shape index (κ2) is 8.42. The third-order valence-electron chi connectivity index (χ3n) is 2.50. The number of hydrogen-bond donors (Lipinski definition) is 1. The van der Waals surface area contributed by atoms with Gasteiger partial charge in [-0.15, -0.1) is 11.8 Å². The zero-order valence-electron chi connectivity index (χ0n) is 12.2. The molecule has 6 heteroatoms. The van der Waals surface area contributed by atoms with Crippen LogP contribution in [0.15, 0.2) is 16.6 Å². The molecule has 0 aliphatic carbocycles. The molecular weight excluding hydrogens is 342 g/mol. The lowest BCUT2D eigenvalue weighted by Gasteiger charge is -2.12. The summed E-state index contributed by atoms with van der Waals surface area (Å²) in [5.41, 5.74) is 1.01. The number of thioether (sulfide) groups is 1. The molecule has 0 unspecified atom stereocenters. The van der Waals surface area contributed by atoms with Gasteiger partial charge in [-0.3, -0.25) is 4.79 Å². The van der Waals surface area contributed by atoms with E-state index in [0.717, 1.165) is 21.5 Å². The minimum Gasteiger partial charge on any atom is -0.496 e. The first-order valence-electron chi connectivity index (χ1n) is 6.25. The van der Waals surface area contributed by atoms with Crippen molar-refractivity contribution >= 4 is 33.6 Å². The normalized spacial score (nSPS) is 10.5. The van der Waals surface area contributed by atoms with E-state index < -0.39 is 0 Å². The molecule has 4 nitrogen and oxygen atoms in total. The van der Waals surface area contributed by atoms with Crippen LogP contribution in [0, 0.1) is 0 Å². The van der Waals surface area contributed by atoms with Gasteiger partial charge in [0, 0.05) is 17.4 Å². The van der Waals surface area contributed by atoms with Crippen LogP contribution in [-0.4, -0.2) is 31.9 Å². The van der Waals surface area contributed by atoms with Crippen LogP contribution in [-0.2, 0) is 10.5 Å². The third kappa shape index (κ3) is 5.25. The molecule has 1 aromatic rings. The minimum atomic E-state index is 0.0491. The lowest BCUT2D eigenvalue weighted by atomic mass is 10.2. The minimum absolute atomic E-state index is 0.0491. The summed E-state index contributed by atoms with van der Waals surface area (Å²) in [6.07, 6.45) is 0. The topological polar surface area (TPSA) is 47.6 Å². The van der Waals surface area contributed by atoms with Crippen LogP contribution in [0.25, 0.3) is 0 Å². The fourth-order valence-electron chi connectivity index (χ4n) is 1.65. The van der Waals surface area contributed by atoms with E-state index in [4.69, 9.17) is 9.47 Å². The van der Waals surface area contributed by atoms with Gasteiger partial charge in [0.25, 0.3) is 0 Å². The van der Waals surface area contributed by atoms with Gasteiger partial charge in [0.1, 0.15) is 11.5 Å². The van der Waals surface area contributed by atoms with Crippen molar-refractivity contribution in [3.8, 4) is 11.5 Å². The molecule has 20 heavy (non-hydrogen) atoms. The number of amides is 1. The zero-order valence-corrected chi connectivity index (χ0v) is 14.6. The maximum Gasteiger partial charge on any atom is 0.230 e. The molecule has 1 aromatic carbocycles. The van der Waals surface area contributed by atoms with Crippen LogP contribution < -0.4 is 14.8 Å². The van der Waals surface area contributed by atoms with E-state index in [1.54, 1.807) is 26.0 Å². The van der Waals surface area contributed by atoms with Crippen molar-refractivity contribution in [1.29, 1.82) is 0 Å². The number of carbonyl (C=O) groups excluding carboxylic acids is 1. The molecule has 0 aromatic heterocycles. The molecule has 0 bridgehead atoms. The molecule has 0 saturated heterocycles. The Hall–Kier alpha value is -0.880. The van der Waals surface area contributed by atoms with E-state index in [1.165, 1.54) is 0 Å². The van der Waals surface area contributed by atoms with Crippen molar-refractivity contribution in [2.75, 3.05) is 20.0 Å². The van der Waals surface area contributed by atoms with E-state index in [-0.39, 0.29) is 11.9 Å². The van der Waals surface area contributed by atoms with E-state index in [2.05, 4.69) is 21.2 Å². The molecule has 0 atom stereocenters. The highest BCUT2D eigenvalue weighted by Crippen LogP contribution is 2.34. The van der Waals surface area contributed by atoms with Crippen LogP contribution in [0.5, 0.6) is 11.5 Å². The number of methoxy groups -OCH3 is 2. The molecule has 0 radical (unpaired) electrons. The van der Waals surface area contributed by atoms with Gasteiger partial charge in [-0.1, -0.05) is 0 Å². The van der Waals surface area contributed by atoms with Crippen molar-refractivity contribution in [2.24, 2.45) is 0 Å². The summed E-state index contributed by atoms with van der Waals surface area (Å²) in [4.78, 5) is 11.6. The molecule has 0 heterocycles. The van der Waals surface area contributed by atoms with E-state index in [9.17, 15) is 4.79 Å². The number of benzene rings is 1. The number of rotatable bonds is 7. The van der Waals surface area contributed by atoms with Gasteiger partial charge in [-0.05, 0) is 41.9 Å². The predicted octanol–water partition coefficient (Wildman–Crippen LogP) is 3.22. The number of hydrogen-bond acceptors (Lipinski definition) is 4. The van der Waals surface area contributed by atoms with Crippen molar-refractivity contribution < 1.29 is 14.3 Å². The molecule has 1 amide bonds. The van der Waals surface area contributed by atoms with Crippen LogP contribution in [0.2, 0.25) is 0 Å². The van der Waals surface area contributed by atoms with Gasteiger partial charge in [0.15, 0.2) is 0 Å². The summed E-state index contributed by atoms with van der Waals surface area (Å²) in [5, 5.41) is 2.87. The molecular formula is C14H20BrNO3S. The lowest BCUT2D eigenvalue weighted by molar-refractivity contribution is -0.119. The average Bonchev–Trinajstić information content (AvgIpc) is 2.39. The number of carbonyl (C=O) groups is 1. The van der Waals surface area contributed by atoms with Crippen LogP contribution in [0.4, 0.5) is 0 Å². The van der Waals surface area contributed by atoms with Crippen molar-refractivity contribution in [2.45, 2.75) is 25.6 Å². The number of nitrogens with one attached hydrogen (secondary N) is 1. The first-order chi connectivity index (χ1) is 9.47. The Labute approximate surface area is 132 Å². The molecule has 0 aliphatic heterocycles. The molecule has 1 rings (SSSR count). The van der Waals surface area contributed by atoms with Gasteiger partial charge in [-0.25, -0.2) is 0 Å². The standard InChI is InChI=1S/C14H20BrNO3S/c1-9(2)16-14(17)8-20-7-10-5-13(19-4)11(15)6-12(10)18-3/h5-6,9H,7-8H2,1-4H3,(H,16,17). The molecule has 0 aliphatic rings. The summed E-state index contributed by atoms with van der Waals surface area (Å²) < 4.78 is 11.5. The summed E-state index contributed by atoms with van der Waals surface area (Å²) in [5.74, 6) is 2.72. The fraction of sp³-hybridized carbons (Fsp3) is 0.500. The van der Waals surface area contributed by atoms with Gasteiger partial charge in [-0.2, -0.15) is 0 Å². The first-order valence-corrected chi connectivity index (χ1v) is 8.20. The maximum absolute atomic E-state index is 11.6. The van der Waals surface area contributed by atoms with Crippen LogP contribution >= 0.6 is 27.7 Å². The van der Waals surface area contributed by atoms with E-state index in [0.29, 0.717) is 11.5 Å². The van der Waals surface area contributed by atoms with Crippen LogP contribution in [0.1, 0.15) is 19.4 Å². The third-order valence-corrected chi connectivity index (χ3v) is 4.10. The monoisotopic (exact) mass is 361 g/mol. The first kappa shape index (κ1) is 17.2. The SMILES string of the molecule is COc1cc(CSCC(=O)NC(C)C)c(OC)cc1Br. The number of halogens is 1. The predicted molar refractivity (Wildman–Crippen MR) is 86.7 cm³/mol. The highest BCUT2D eigenvalue weighted by molar-refractivity contribution is 9.10. The highest BCUT2D eigenvalue weighted by Gasteiger charge is 2.11. The average molecular weight is 362 g/mol. The number of ether oxygens (including phenoxy) is 2. The van der Waals surface area contributed by atoms with Crippen molar-refractivity contribution in [3.05, 3.63) is 22.2 Å². The van der Waals surface area contributed by atoms with Crippen molar-refractivity contribution in [1.82, 2.24) is 5.32 Å². The second-order valence-electron chi connectivity index (χ2n) is 4.51. The smallest absolute Gasteiger partial charge is 0.230 e. The van der Waals surface area contributed by atoms with Gasteiger partial charge < -0.3 is 14.8 Å². The Balaban J connectivity index is 2.65. The summed E-state index contributed by atoms with van der Waals surface area (Å²) in [7, 11) is 3.26. The van der Waals surface area contributed by atoms with E-state index in [1.807, 2.05) is 26.0 Å². The summed E-state index contributed by atoms with van der Waals surface area (Å²) >= 11 is 4.97. The van der Waals surface area contributed by atoms with E-state index >= 15 is 0 Å². The maximum atomic E-state index is 11.6. The Morgan fingerprint density at radius 1 is 1.30 bits per heavy atom. The van der Waals surface area contributed by atoms with Crippen molar-refractivity contribution in [3.63, 3.8) is 0 Å².